The van der Waals surface area contributed by atoms with Crippen molar-refractivity contribution in [2.24, 2.45) is 0 Å². The first-order valence-electron chi connectivity index (χ1n) is 7.80. The Bertz CT molecular complexity index is 1010. The normalized spacial score (nSPS) is 16.7. The van der Waals surface area contributed by atoms with Gasteiger partial charge < -0.3 is 0 Å². The van der Waals surface area contributed by atoms with Gasteiger partial charge in [0.05, 0.1) is 10.7 Å². The van der Waals surface area contributed by atoms with Gasteiger partial charge in [-0.2, -0.15) is 0 Å². The molecule has 27 heavy (non-hydrogen) atoms. The van der Waals surface area contributed by atoms with Gasteiger partial charge in [-0.15, -0.1) is 22.0 Å². The fourth-order valence-electron chi connectivity index (χ4n) is 2.66. The van der Waals surface area contributed by atoms with Gasteiger partial charge in [0.15, 0.2) is 0 Å². The lowest BCUT2D eigenvalue weighted by Gasteiger charge is -2.20. The Balaban J connectivity index is 1.63. The molecule has 2 aromatic carbocycles. The molecule has 136 valence electrons. The smallest absolute Gasteiger partial charge is 0.269 e. The van der Waals surface area contributed by atoms with Crippen molar-refractivity contribution < 1.29 is 14.1 Å². The standard InChI is InChI=1S/C17H11FN4O3S2/c18-12-5-1-11(2-6-12)16-21(14(23)9-26-16)17-20-19-15(27-17)10-3-7-13(8-4-10)22(24)25/h1-8,16H,9H2. The average Bonchev–Trinajstić information content (AvgIpc) is 3.29. The van der Waals surface area contributed by atoms with Crippen molar-refractivity contribution >= 4 is 39.8 Å². The second-order valence-corrected chi connectivity index (χ2v) is 7.70. The van der Waals surface area contributed by atoms with Crippen LogP contribution >= 0.6 is 23.1 Å². The first-order chi connectivity index (χ1) is 13.0. The van der Waals surface area contributed by atoms with Crippen LogP contribution in [0.25, 0.3) is 10.6 Å². The topological polar surface area (TPSA) is 89.2 Å². The van der Waals surface area contributed by atoms with Gasteiger partial charge in [0.2, 0.25) is 11.0 Å². The number of thioether (sulfide) groups is 1. The maximum atomic E-state index is 13.2. The fraction of sp³-hybridized carbons (Fsp3) is 0.118. The van der Waals surface area contributed by atoms with Crippen LogP contribution in [0, 0.1) is 15.9 Å². The predicted octanol–water partition coefficient (Wildman–Crippen LogP) is 4.03. The summed E-state index contributed by atoms with van der Waals surface area (Å²) in [6, 6.07) is 12.0. The minimum atomic E-state index is -0.470. The summed E-state index contributed by atoms with van der Waals surface area (Å²) in [4.78, 5) is 24.2. The Morgan fingerprint density at radius 1 is 1.11 bits per heavy atom. The number of carbonyl (C=O) groups is 1. The molecule has 3 aromatic rings. The maximum Gasteiger partial charge on any atom is 0.269 e. The van der Waals surface area contributed by atoms with Crippen LogP contribution in [0.4, 0.5) is 15.2 Å². The lowest BCUT2D eigenvalue weighted by atomic mass is 10.2. The van der Waals surface area contributed by atoms with Crippen molar-refractivity contribution in [2.45, 2.75) is 5.37 Å². The summed E-state index contributed by atoms with van der Waals surface area (Å²) in [5.41, 5.74) is 1.48. The Kier molecular flexibility index (Phi) is 4.58. The zero-order valence-electron chi connectivity index (χ0n) is 13.6. The Labute approximate surface area is 161 Å². The summed E-state index contributed by atoms with van der Waals surface area (Å²) in [7, 11) is 0. The largest absolute Gasteiger partial charge is 0.273 e. The van der Waals surface area contributed by atoms with Crippen molar-refractivity contribution in [3.05, 3.63) is 70.0 Å². The first kappa shape index (κ1) is 17.6. The molecular weight excluding hydrogens is 391 g/mol. The molecule has 0 N–H and O–H groups in total. The van der Waals surface area contributed by atoms with E-state index >= 15 is 0 Å². The molecule has 1 atom stereocenters. The number of amides is 1. The van der Waals surface area contributed by atoms with Crippen molar-refractivity contribution in [1.82, 2.24) is 10.2 Å². The van der Waals surface area contributed by atoms with Crippen LogP contribution in [0.5, 0.6) is 0 Å². The molecule has 4 rings (SSSR count). The number of non-ortho nitro benzene ring substituents is 1. The predicted molar refractivity (Wildman–Crippen MR) is 101 cm³/mol. The number of carbonyl (C=O) groups excluding carboxylic acids is 1. The van der Waals surface area contributed by atoms with Crippen molar-refractivity contribution in [2.75, 3.05) is 10.7 Å². The molecule has 2 heterocycles. The third kappa shape index (κ3) is 3.40. The highest BCUT2D eigenvalue weighted by Crippen LogP contribution is 2.43. The lowest BCUT2D eigenvalue weighted by Crippen LogP contribution is -2.27. The number of anilines is 1. The second kappa shape index (κ2) is 7.05. The number of benzene rings is 2. The molecule has 10 heteroatoms. The van der Waals surface area contributed by atoms with Crippen LogP contribution in [0.15, 0.2) is 48.5 Å². The summed E-state index contributed by atoms with van der Waals surface area (Å²) in [5.74, 6) is -0.134. The second-order valence-electron chi connectivity index (χ2n) is 5.67. The number of nitro benzene ring substituents is 1. The number of rotatable bonds is 4. The summed E-state index contributed by atoms with van der Waals surface area (Å²) < 4.78 is 13.2. The van der Waals surface area contributed by atoms with E-state index in [-0.39, 0.29) is 22.8 Å². The molecule has 1 unspecified atom stereocenters. The van der Waals surface area contributed by atoms with Crippen molar-refractivity contribution in [1.29, 1.82) is 0 Å². The summed E-state index contributed by atoms with van der Waals surface area (Å²) in [6.45, 7) is 0. The van der Waals surface area contributed by atoms with Crippen LogP contribution < -0.4 is 4.90 Å². The van der Waals surface area contributed by atoms with Gasteiger partial charge in [0.1, 0.15) is 16.2 Å². The highest BCUT2D eigenvalue weighted by atomic mass is 32.2. The summed E-state index contributed by atoms with van der Waals surface area (Å²) >= 11 is 2.67. The highest BCUT2D eigenvalue weighted by Gasteiger charge is 2.36. The number of halogens is 1. The number of nitro groups is 1. The molecule has 1 aliphatic rings. The lowest BCUT2D eigenvalue weighted by molar-refractivity contribution is -0.384. The zero-order valence-corrected chi connectivity index (χ0v) is 15.2. The van der Waals surface area contributed by atoms with Crippen LogP contribution in [0.2, 0.25) is 0 Å². The Hall–Kier alpha value is -2.85. The fourth-order valence-corrected chi connectivity index (χ4v) is 4.78. The molecule has 1 aliphatic heterocycles. The van der Waals surface area contributed by atoms with E-state index in [1.807, 2.05) is 0 Å². The van der Waals surface area contributed by atoms with Gasteiger partial charge in [0, 0.05) is 17.7 Å². The molecule has 0 aliphatic carbocycles. The molecule has 0 bridgehead atoms. The minimum absolute atomic E-state index is 0.00835. The van der Waals surface area contributed by atoms with Gasteiger partial charge in [-0.3, -0.25) is 19.8 Å². The van der Waals surface area contributed by atoms with E-state index in [2.05, 4.69) is 10.2 Å². The minimum Gasteiger partial charge on any atom is -0.273 e. The first-order valence-corrected chi connectivity index (χ1v) is 9.67. The van der Waals surface area contributed by atoms with Gasteiger partial charge >= 0.3 is 0 Å². The van der Waals surface area contributed by atoms with Gasteiger partial charge in [-0.1, -0.05) is 23.5 Å². The van der Waals surface area contributed by atoms with Crippen LogP contribution in [-0.4, -0.2) is 26.8 Å². The molecular formula is C17H11FN4O3S2. The van der Waals surface area contributed by atoms with Crippen molar-refractivity contribution in [3.63, 3.8) is 0 Å². The highest BCUT2D eigenvalue weighted by molar-refractivity contribution is 8.00. The Morgan fingerprint density at radius 3 is 2.48 bits per heavy atom. The van der Waals surface area contributed by atoms with Crippen molar-refractivity contribution in [3.8, 4) is 10.6 Å². The quantitative estimate of drug-likeness (QED) is 0.483. The third-order valence-electron chi connectivity index (χ3n) is 3.97. The molecule has 7 nitrogen and oxygen atoms in total. The van der Waals surface area contributed by atoms with E-state index in [9.17, 15) is 19.3 Å². The zero-order chi connectivity index (χ0) is 19.0. The molecule has 1 fully saturated rings. The van der Waals surface area contributed by atoms with Crippen LogP contribution in [0.3, 0.4) is 0 Å². The van der Waals surface area contributed by atoms with E-state index in [1.54, 1.807) is 29.2 Å². The molecule has 0 saturated carbocycles. The van der Waals surface area contributed by atoms with E-state index in [0.29, 0.717) is 21.5 Å². The van der Waals surface area contributed by atoms with Gasteiger partial charge in [-0.05, 0) is 29.8 Å². The van der Waals surface area contributed by atoms with E-state index in [4.69, 9.17) is 0 Å². The third-order valence-corrected chi connectivity index (χ3v) is 6.15. The van der Waals surface area contributed by atoms with Crippen LogP contribution in [-0.2, 0) is 4.79 Å². The molecule has 0 spiro atoms. The number of hydrogen-bond acceptors (Lipinski definition) is 7. The SMILES string of the molecule is O=C1CSC(c2ccc(F)cc2)N1c1nnc(-c2ccc([N+](=O)[O-])cc2)s1. The Morgan fingerprint density at radius 2 is 1.81 bits per heavy atom. The summed E-state index contributed by atoms with van der Waals surface area (Å²) in [6.07, 6.45) is 0. The van der Waals surface area contributed by atoms with E-state index in [0.717, 1.165) is 5.56 Å². The molecule has 1 amide bonds. The van der Waals surface area contributed by atoms with Crippen LogP contribution in [0.1, 0.15) is 10.9 Å². The van der Waals surface area contributed by atoms with Gasteiger partial charge in [-0.25, -0.2) is 4.39 Å². The van der Waals surface area contributed by atoms with Gasteiger partial charge in [0.25, 0.3) is 5.69 Å². The maximum absolute atomic E-state index is 13.2. The molecule has 1 saturated heterocycles. The van der Waals surface area contributed by atoms with E-state index < -0.39 is 4.92 Å². The monoisotopic (exact) mass is 402 g/mol. The molecule has 0 radical (unpaired) electrons. The summed E-state index contributed by atoms with van der Waals surface area (Å²) in [5, 5.41) is 19.7. The average molecular weight is 402 g/mol. The van der Waals surface area contributed by atoms with E-state index in [1.165, 1.54) is 47.4 Å². The number of hydrogen-bond donors (Lipinski definition) is 0. The number of nitrogens with zero attached hydrogens (tertiary/aromatic N) is 4. The molecule has 1 aromatic heterocycles. The number of aromatic nitrogens is 2.